The van der Waals surface area contributed by atoms with E-state index in [0.29, 0.717) is 12.1 Å². The Balaban J connectivity index is 4.39. The summed E-state index contributed by atoms with van der Waals surface area (Å²) < 4.78 is 0. The van der Waals surface area contributed by atoms with Gasteiger partial charge in [-0.3, -0.25) is 0 Å². The van der Waals surface area contributed by atoms with Crippen LogP contribution in [-0.2, 0) is 0 Å². The van der Waals surface area contributed by atoms with Gasteiger partial charge in [0.05, 0.1) is 16.1 Å². The van der Waals surface area contributed by atoms with E-state index in [0.717, 1.165) is 0 Å². The SMILES string of the molecule is C[Si](C)(C)/C=C/C(CO)[Si](C)(C)C. The normalized spacial score (nSPS) is 16.5. The molecule has 1 atom stereocenters. The van der Waals surface area contributed by atoms with Crippen molar-refractivity contribution < 1.29 is 5.11 Å². The van der Waals surface area contributed by atoms with Gasteiger partial charge in [0.1, 0.15) is 0 Å². The summed E-state index contributed by atoms with van der Waals surface area (Å²) in [6.45, 7) is 14.2. The van der Waals surface area contributed by atoms with Crippen LogP contribution in [0.1, 0.15) is 0 Å². The molecule has 0 aliphatic rings. The molecule has 1 N–H and O–H groups in total. The van der Waals surface area contributed by atoms with Crippen molar-refractivity contribution in [2.45, 2.75) is 44.8 Å². The van der Waals surface area contributed by atoms with Crippen molar-refractivity contribution in [2.24, 2.45) is 0 Å². The van der Waals surface area contributed by atoms with Gasteiger partial charge in [-0.15, -0.1) is 0 Å². The summed E-state index contributed by atoms with van der Waals surface area (Å²) in [6, 6.07) is 0. The summed E-state index contributed by atoms with van der Waals surface area (Å²) in [5.74, 6) is 0. The number of aliphatic hydroxyl groups is 1. The minimum atomic E-state index is -1.20. The van der Waals surface area contributed by atoms with Crippen LogP contribution >= 0.6 is 0 Å². The van der Waals surface area contributed by atoms with Crippen LogP contribution in [-0.4, -0.2) is 27.9 Å². The standard InChI is InChI=1S/C10H24OSi2/c1-12(2,3)8-7-10(9-11)13(4,5)6/h7-8,10-11H,9H2,1-6H3/b8-7+. The van der Waals surface area contributed by atoms with E-state index in [1.54, 1.807) is 0 Å². The van der Waals surface area contributed by atoms with E-state index in [1.165, 1.54) is 0 Å². The third-order valence-electron chi connectivity index (χ3n) is 2.14. The van der Waals surface area contributed by atoms with E-state index >= 15 is 0 Å². The minimum Gasteiger partial charge on any atom is -0.396 e. The summed E-state index contributed by atoms with van der Waals surface area (Å²) in [5.41, 5.74) is 2.78. The highest BCUT2D eigenvalue weighted by Crippen LogP contribution is 2.23. The number of hydrogen-bond acceptors (Lipinski definition) is 1. The van der Waals surface area contributed by atoms with E-state index in [2.05, 4.69) is 51.1 Å². The van der Waals surface area contributed by atoms with Crippen LogP contribution in [0.25, 0.3) is 0 Å². The summed E-state index contributed by atoms with van der Waals surface area (Å²) in [6.07, 6.45) is 2.26. The maximum atomic E-state index is 9.26. The zero-order valence-corrected chi connectivity index (χ0v) is 11.9. The Kier molecular flexibility index (Phi) is 4.62. The molecule has 3 heteroatoms. The number of hydrogen-bond donors (Lipinski definition) is 1. The van der Waals surface area contributed by atoms with Gasteiger partial charge >= 0.3 is 0 Å². The van der Waals surface area contributed by atoms with Crippen molar-refractivity contribution in [1.82, 2.24) is 0 Å². The second-order valence-electron chi connectivity index (χ2n) is 5.88. The molecule has 0 aromatic carbocycles. The fraction of sp³-hybridized carbons (Fsp3) is 0.800. The van der Waals surface area contributed by atoms with Crippen LogP contribution < -0.4 is 0 Å². The fourth-order valence-corrected chi connectivity index (χ4v) is 3.25. The van der Waals surface area contributed by atoms with Gasteiger partial charge in [0.2, 0.25) is 0 Å². The predicted molar refractivity (Wildman–Crippen MR) is 66.7 cm³/mol. The molecule has 0 fully saturated rings. The second-order valence-corrected chi connectivity index (χ2v) is 16.4. The predicted octanol–water partition coefficient (Wildman–Crippen LogP) is 3.12. The molecule has 0 saturated carbocycles. The highest BCUT2D eigenvalue weighted by molar-refractivity contribution is 6.81. The average Bonchev–Trinajstić information content (AvgIpc) is 1.82. The Labute approximate surface area is 84.9 Å². The lowest BCUT2D eigenvalue weighted by Gasteiger charge is -2.25. The molecule has 0 saturated heterocycles. The van der Waals surface area contributed by atoms with Crippen LogP contribution in [0.2, 0.25) is 44.8 Å². The maximum Gasteiger partial charge on any atom is 0.0682 e. The van der Waals surface area contributed by atoms with Crippen LogP contribution in [0.15, 0.2) is 11.8 Å². The molecule has 0 aliphatic carbocycles. The third kappa shape index (κ3) is 6.24. The van der Waals surface area contributed by atoms with Crippen molar-refractivity contribution in [1.29, 1.82) is 0 Å². The van der Waals surface area contributed by atoms with Gasteiger partial charge in [-0.05, 0) is 5.54 Å². The van der Waals surface area contributed by atoms with E-state index in [9.17, 15) is 5.11 Å². The van der Waals surface area contributed by atoms with Crippen molar-refractivity contribution in [3.63, 3.8) is 0 Å². The van der Waals surface area contributed by atoms with Crippen LogP contribution in [0.4, 0.5) is 0 Å². The van der Waals surface area contributed by atoms with Gasteiger partial charge in [-0.25, -0.2) is 0 Å². The summed E-state index contributed by atoms with van der Waals surface area (Å²) >= 11 is 0. The van der Waals surface area contributed by atoms with E-state index < -0.39 is 16.1 Å². The van der Waals surface area contributed by atoms with Gasteiger partial charge in [0, 0.05) is 6.61 Å². The molecule has 0 spiro atoms. The molecule has 0 aliphatic heterocycles. The van der Waals surface area contributed by atoms with Crippen LogP contribution in [0.5, 0.6) is 0 Å². The van der Waals surface area contributed by atoms with Gasteiger partial charge in [0.15, 0.2) is 0 Å². The highest BCUT2D eigenvalue weighted by Gasteiger charge is 2.24. The minimum absolute atomic E-state index is 0.316. The number of aliphatic hydroxyl groups excluding tert-OH is 1. The molecule has 1 nitrogen and oxygen atoms in total. The molecular weight excluding hydrogens is 192 g/mol. The first kappa shape index (κ1) is 13.1. The summed E-state index contributed by atoms with van der Waals surface area (Å²) in [7, 11) is -2.29. The molecule has 0 aromatic heterocycles. The third-order valence-corrected chi connectivity index (χ3v) is 5.93. The summed E-state index contributed by atoms with van der Waals surface area (Å²) in [5, 5.41) is 9.26. The van der Waals surface area contributed by atoms with Crippen molar-refractivity contribution in [3.8, 4) is 0 Å². The molecule has 0 rings (SSSR count). The Morgan fingerprint density at radius 2 is 1.54 bits per heavy atom. The maximum absolute atomic E-state index is 9.26. The average molecular weight is 216 g/mol. The van der Waals surface area contributed by atoms with E-state index in [1.807, 2.05) is 0 Å². The monoisotopic (exact) mass is 216 g/mol. The van der Waals surface area contributed by atoms with Crippen molar-refractivity contribution in [3.05, 3.63) is 11.8 Å². The Morgan fingerprint density at radius 1 is 1.08 bits per heavy atom. The van der Waals surface area contributed by atoms with Gasteiger partial charge in [-0.1, -0.05) is 51.1 Å². The zero-order valence-electron chi connectivity index (χ0n) is 9.89. The van der Waals surface area contributed by atoms with Crippen LogP contribution in [0.3, 0.4) is 0 Å². The lowest BCUT2D eigenvalue weighted by atomic mass is 10.4. The molecule has 0 aromatic rings. The molecule has 0 heterocycles. The lowest BCUT2D eigenvalue weighted by Crippen LogP contribution is -2.30. The smallest absolute Gasteiger partial charge is 0.0682 e. The van der Waals surface area contributed by atoms with Gasteiger partial charge < -0.3 is 5.11 Å². The van der Waals surface area contributed by atoms with Crippen LogP contribution in [0, 0.1) is 0 Å². The van der Waals surface area contributed by atoms with Gasteiger partial charge in [-0.2, -0.15) is 0 Å². The quantitative estimate of drug-likeness (QED) is 0.716. The Bertz CT molecular complexity index is 174. The molecule has 78 valence electrons. The van der Waals surface area contributed by atoms with E-state index in [4.69, 9.17) is 0 Å². The lowest BCUT2D eigenvalue weighted by molar-refractivity contribution is 0.300. The largest absolute Gasteiger partial charge is 0.396 e. The molecule has 13 heavy (non-hydrogen) atoms. The molecule has 0 bridgehead atoms. The van der Waals surface area contributed by atoms with Gasteiger partial charge in [0.25, 0.3) is 0 Å². The molecule has 0 amide bonds. The fourth-order valence-electron chi connectivity index (χ4n) is 1.03. The first-order valence-corrected chi connectivity index (χ1v) is 12.1. The first-order valence-electron chi connectivity index (χ1n) is 4.97. The Morgan fingerprint density at radius 3 is 1.77 bits per heavy atom. The molecular formula is C10H24OSi2. The zero-order chi connectivity index (χ0) is 10.7. The summed E-state index contributed by atoms with van der Waals surface area (Å²) in [4.78, 5) is 0. The molecule has 0 radical (unpaired) electrons. The first-order chi connectivity index (χ1) is 5.67. The second kappa shape index (κ2) is 4.57. The molecule has 1 unspecified atom stereocenters. The highest BCUT2D eigenvalue weighted by atomic mass is 28.3. The van der Waals surface area contributed by atoms with Crippen molar-refractivity contribution >= 4 is 16.1 Å². The van der Waals surface area contributed by atoms with Crippen molar-refractivity contribution in [2.75, 3.05) is 6.61 Å². The van der Waals surface area contributed by atoms with E-state index in [-0.39, 0.29) is 0 Å². The topological polar surface area (TPSA) is 20.2 Å². The number of rotatable bonds is 4. The Hall–Kier alpha value is 0.134.